The van der Waals surface area contributed by atoms with Gasteiger partial charge in [0.2, 0.25) is 0 Å². The van der Waals surface area contributed by atoms with Crippen molar-refractivity contribution >= 4 is 5.91 Å². The first-order valence-corrected chi connectivity index (χ1v) is 8.86. The van der Waals surface area contributed by atoms with Gasteiger partial charge in [0, 0.05) is 25.8 Å². The van der Waals surface area contributed by atoms with Gasteiger partial charge in [-0.25, -0.2) is 0 Å². The molecule has 25 heavy (non-hydrogen) atoms. The normalized spacial score (nSPS) is 16.3. The van der Waals surface area contributed by atoms with Gasteiger partial charge in [0.05, 0.1) is 0 Å². The van der Waals surface area contributed by atoms with Gasteiger partial charge in [0.25, 0.3) is 5.91 Å². The predicted molar refractivity (Wildman–Crippen MR) is 99.9 cm³/mol. The number of nitrogens with zero attached hydrogens (tertiary/aromatic N) is 3. The summed E-state index contributed by atoms with van der Waals surface area (Å²) in [7, 11) is 3.90. The molecule has 1 amide bonds. The van der Waals surface area contributed by atoms with Crippen LogP contribution in [-0.2, 0) is 11.2 Å². The van der Waals surface area contributed by atoms with E-state index in [1.165, 1.54) is 11.1 Å². The number of aryl methyl sites for hydroxylation is 1. The van der Waals surface area contributed by atoms with Crippen LogP contribution in [0.5, 0.6) is 0 Å². The summed E-state index contributed by atoms with van der Waals surface area (Å²) in [5, 5.41) is 12.4. The molecule has 0 saturated carbocycles. The number of piperidine rings is 1. The van der Waals surface area contributed by atoms with E-state index in [-0.39, 0.29) is 17.5 Å². The molecule has 5 nitrogen and oxygen atoms in total. The second kappa shape index (κ2) is 9.24. The topological polar surface area (TPSA) is 59.4 Å². The Kier molecular flexibility index (Phi) is 7.03. The third-order valence-corrected chi connectivity index (χ3v) is 4.83. The monoisotopic (exact) mass is 340 g/mol. The Labute approximate surface area is 150 Å². The molecule has 5 heteroatoms. The molecule has 1 aliphatic rings. The molecule has 0 atom stereocenters. The van der Waals surface area contributed by atoms with Gasteiger partial charge in [-0.2, -0.15) is 5.26 Å². The van der Waals surface area contributed by atoms with Crippen LogP contribution < -0.4 is 5.32 Å². The van der Waals surface area contributed by atoms with E-state index in [2.05, 4.69) is 48.5 Å². The molecule has 0 aliphatic carbocycles. The van der Waals surface area contributed by atoms with E-state index in [1.807, 2.05) is 6.07 Å². The lowest BCUT2D eigenvalue weighted by atomic mass is 10.0. The number of benzene rings is 1. The van der Waals surface area contributed by atoms with Crippen molar-refractivity contribution in [2.45, 2.75) is 32.2 Å². The summed E-state index contributed by atoms with van der Waals surface area (Å²) in [5.74, 6) is -0.195. The minimum absolute atomic E-state index is 0.172. The number of nitrogens with one attached hydrogen (secondary N) is 1. The second-order valence-electron chi connectivity index (χ2n) is 6.81. The first-order valence-electron chi connectivity index (χ1n) is 8.86. The van der Waals surface area contributed by atoms with Gasteiger partial charge in [-0.3, -0.25) is 4.79 Å². The summed E-state index contributed by atoms with van der Waals surface area (Å²) in [5.41, 5.74) is 2.65. The quantitative estimate of drug-likeness (QED) is 0.489. The number of carbonyl (C=O) groups is 1. The lowest BCUT2D eigenvalue weighted by Gasteiger charge is -2.34. The van der Waals surface area contributed by atoms with Crippen LogP contribution >= 0.6 is 0 Å². The van der Waals surface area contributed by atoms with Gasteiger partial charge in [-0.15, -0.1) is 0 Å². The van der Waals surface area contributed by atoms with Gasteiger partial charge in [0.15, 0.2) is 0 Å². The SMILES string of the molecule is Cc1ccc(CCN/C=C(/C#N)C(=O)N(C)C2CCN(C)CC2)cc1. The van der Waals surface area contributed by atoms with Crippen molar-refractivity contribution in [1.29, 1.82) is 5.26 Å². The molecule has 1 aliphatic heterocycles. The van der Waals surface area contributed by atoms with Crippen molar-refractivity contribution in [3.05, 3.63) is 47.2 Å². The van der Waals surface area contributed by atoms with Crippen molar-refractivity contribution in [2.24, 2.45) is 0 Å². The molecule has 1 aromatic carbocycles. The molecule has 1 aromatic rings. The Morgan fingerprint density at radius 2 is 2.00 bits per heavy atom. The van der Waals surface area contributed by atoms with Gasteiger partial charge >= 0.3 is 0 Å². The van der Waals surface area contributed by atoms with Crippen molar-refractivity contribution in [3.8, 4) is 6.07 Å². The fourth-order valence-electron chi connectivity index (χ4n) is 3.03. The molecule has 1 heterocycles. The Bertz CT molecular complexity index is 637. The first-order chi connectivity index (χ1) is 12.0. The highest BCUT2D eigenvalue weighted by molar-refractivity contribution is 5.97. The van der Waals surface area contributed by atoms with Crippen molar-refractivity contribution in [2.75, 3.05) is 33.7 Å². The molecular weight excluding hydrogens is 312 g/mol. The van der Waals surface area contributed by atoms with Gasteiger partial charge in [0.1, 0.15) is 11.6 Å². The number of rotatable bonds is 6. The molecule has 1 saturated heterocycles. The first kappa shape index (κ1) is 19.0. The summed E-state index contributed by atoms with van der Waals surface area (Å²) >= 11 is 0. The molecule has 0 radical (unpaired) electrons. The lowest BCUT2D eigenvalue weighted by molar-refractivity contribution is -0.128. The van der Waals surface area contributed by atoms with Crippen molar-refractivity contribution in [1.82, 2.24) is 15.1 Å². The molecular formula is C20H28N4O. The van der Waals surface area contributed by atoms with Crippen LogP contribution in [0, 0.1) is 18.3 Å². The number of likely N-dealkylation sites (N-methyl/N-ethyl adjacent to an activating group) is 1. The van der Waals surface area contributed by atoms with E-state index < -0.39 is 0 Å². The van der Waals surface area contributed by atoms with E-state index in [9.17, 15) is 10.1 Å². The molecule has 0 aromatic heterocycles. The highest BCUT2D eigenvalue weighted by atomic mass is 16.2. The van der Waals surface area contributed by atoms with Gasteiger partial charge < -0.3 is 15.1 Å². The predicted octanol–water partition coefficient (Wildman–Crippen LogP) is 2.09. The molecule has 0 spiro atoms. The van der Waals surface area contributed by atoms with Crippen molar-refractivity contribution < 1.29 is 4.79 Å². The molecule has 2 rings (SSSR count). The van der Waals surface area contributed by atoms with Crippen LogP contribution in [0.3, 0.4) is 0 Å². The fraction of sp³-hybridized carbons (Fsp3) is 0.500. The van der Waals surface area contributed by atoms with Crippen LogP contribution in [0.15, 0.2) is 36.0 Å². The number of carbonyl (C=O) groups excluding carboxylic acids is 1. The zero-order valence-electron chi connectivity index (χ0n) is 15.5. The maximum atomic E-state index is 12.5. The highest BCUT2D eigenvalue weighted by Gasteiger charge is 2.25. The lowest BCUT2D eigenvalue weighted by Crippen LogP contribution is -2.45. The molecule has 0 bridgehead atoms. The van der Waals surface area contributed by atoms with Gasteiger partial charge in [-0.05, 0) is 51.9 Å². The Morgan fingerprint density at radius 3 is 2.60 bits per heavy atom. The smallest absolute Gasteiger partial charge is 0.265 e. The maximum Gasteiger partial charge on any atom is 0.265 e. The minimum atomic E-state index is -0.195. The average molecular weight is 340 g/mol. The molecule has 0 unspecified atom stereocenters. The highest BCUT2D eigenvalue weighted by Crippen LogP contribution is 2.16. The van der Waals surface area contributed by atoms with Crippen LogP contribution in [0.2, 0.25) is 0 Å². The van der Waals surface area contributed by atoms with Crippen LogP contribution in [0.25, 0.3) is 0 Å². The number of likely N-dealkylation sites (tertiary alicyclic amines) is 1. The number of hydrogen-bond acceptors (Lipinski definition) is 4. The maximum absolute atomic E-state index is 12.5. The molecule has 134 valence electrons. The largest absolute Gasteiger partial charge is 0.389 e. The third-order valence-electron chi connectivity index (χ3n) is 4.83. The standard InChI is InChI=1S/C20H28N4O/c1-16-4-6-17(7-5-16)8-11-22-15-18(14-21)20(25)24(3)19-9-12-23(2)13-10-19/h4-7,15,19,22H,8-13H2,1-3H3/b18-15-. The Balaban J connectivity index is 1.85. The zero-order valence-corrected chi connectivity index (χ0v) is 15.5. The van der Waals surface area contributed by atoms with Crippen LogP contribution in [-0.4, -0.2) is 55.5 Å². The number of nitriles is 1. The molecule has 1 N–H and O–H groups in total. The van der Waals surface area contributed by atoms with Crippen LogP contribution in [0.1, 0.15) is 24.0 Å². The Hall–Kier alpha value is -2.32. The summed E-state index contributed by atoms with van der Waals surface area (Å²) in [6, 6.07) is 10.6. The number of amides is 1. The fourth-order valence-corrected chi connectivity index (χ4v) is 3.03. The van der Waals surface area contributed by atoms with Gasteiger partial charge in [-0.1, -0.05) is 29.8 Å². The van der Waals surface area contributed by atoms with E-state index in [0.717, 1.165) is 32.4 Å². The van der Waals surface area contributed by atoms with E-state index >= 15 is 0 Å². The van der Waals surface area contributed by atoms with Crippen LogP contribution in [0.4, 0.5) is 0 Å². The minimum Gasteiger partial charge on any atom is -0.389 e. The van der Waals surface area contributed by atoms with E-state index in [1.54, 1.807) is 18.1 Å². The summed E-state index contributed by atoms with van der Waals surface area (Å²) in [6.45, 7) is 4.74. The average Bonchev–Trinajstić information content (AvgIpc) is 2.63. The Morgan fingerprint density at radius 1 is 1.36 bits per heavy atom. The third kappa shape index (κ3) is 5.61. The van der Waals surface area contributed by atoms with Crippen molar-refractivity contribution in [3.63, 3.8) is 0 Å². The summed E-state index contributed by atoms with van der Waals surface area (Å²) in [4.78, 5) is 16.5. The number of hydrogen-bond donors (Lipinski definition) is 1. The summed E-state index contributed by atoms with van der Waals surface area (Å²) < 4.78 is 0. The van der Waals surface area contributed by atoms with E-state index in [4.69, 9.17) is 0 Å². The summed E-state index contributed by atoms with van der Waals surface area (Å²) in [6.07, 6.45) is 4.33. The second-order valence-corrected chi connectivity index (χ2v) is 6.81. The molecule has 1 fully saturated rings. The zero-order chi connectivity index (χ0) is 18.2. The van der Waals surface area contributed by atoms with E-state index in [0.29, 0.717) is 6.54 Å².